The fourth-order valence-corrected chi connectivity index (χ4v) is 3.19. The first-order chi connectivity index (χ1) is 9.37. The van der Waals surface area contributed by atoms with Gasteiger partial charge in [0.1, 0.15) is 5.03 Å². The van der Waals surface area contributed by atoms with Gasteiger partial charge in [0.2, 0.25) is 0 Å². The highest BCUT2D eigenvalue weighted by molar-refractivity contribution is 7.99. The molecule has 20 heavy (non-hydrogen) atoms. The second kappa shape index (κ2) is 5.76. The Labute approximate surface area is 122 Å². The molecule has 0 bridgehead atoms. The van der Waals surface area contributed by atoms with Crippen molar-refractivity contribution in [1.29, 1.82) is 0 Å². The van der Waals surface area contributed by atoms with Crippen LogP contribution in [0.4, 0.5) is 5.69 Å². The van der Waals surface area contributed by atoms with Gasteiger partial charge >= 0.3 is 0 Å². The number of hydrogen-bond donors (Lipinski definition) is 2. The van der Waals surface area contributed by atoms with Crippen LogP contribution in [0.2, 0.25) is 0 Å². The van der Waals surface area contributed by atoms with E-state index in [0.29, 0.717) is 10.9 Å². The van der Waals surface area contributed by atoms with Crippen LogP contribution in [0.15, 0.2) is 46.5 Å². The third-order valence-electron chi connectivity index (χ3n) is 2.33. The van der Waals surface area contributed by atoms with E-state index < -0.39 is 10.0 Å². The third kappa shape index (κ3) is 3.67. The van der Waals surface area contributed by atoms with Gasteiger partial charge < -0.3 is 5.73 Å². The zero-order chi connectivity index (χ0) is 14.8. The van der Waals surface area contributed by atoms with Gasteiger partial charge in [-0.15, -0.1) is 16.9 Å². The van der Waals surface area contributed by atoms with E-state index in [0.717, 1.165) is 5.03 Å². The lowest BCUT2D eigenvalue weighted by molar-refractivity contribution is 0.591. The van der Waals surface area contributed by atoms with E-state index in [1.54, 1.807) is 24.0 Å². The smallest absolute Gasteiger partial charge is 0.276 e. The lowest BCUT2D eigenvalue weighted by Gasteiger charge is -2.07. The minimum atomic E-state index is -3.66. The number of nitrogen functional groups attached to an aromatic ring is 1. The highest BCUT2D eigenvalue weighted by Crippen LogP contribution is 2.20. The summed E-state index contributed by atoms with van der Waals surface area (Å²) >= 11 is 1.56. The molecule has 2 aromatic rings. The van der Waals surface area contributed by atoms with Gasteiger partial charge in [-0.1, -0.05) is 13.8 Å². The topological polar surface area (TPSA) is 90.0 Å². The van der Waals surface area contributed by atoms with Crippen LogP contribution in [-0.2, 0) is 10.0 Å². The largest absolute Gasteiger partial charge is 0.399 e. The van der Waals surface area contributed by atoms with E-state index in [2.05, 4.69) is 9.93 Å². The van der Waals surface area contributed by atoms with E-state index in [1.165, 1.54) is 29.1 Å². The van der Waals surface area contributed by atoms with Gasteiger partial charge in [0.15, 0.2) is 0 Å². The number of sulfonamides is 1. The monoisotopic (exact) mass is 312 g/mol. The Balaban J connectivity index is 2.16. The molecular weight excluding hydrogens is 296 g/mol. The maximum atomic E-state index is 12.1. The summed E-state index contributed by atoms with van der Waals surface area (Å²) in [4.78, 5) is 3.70. The number of nitrogens with zero attached hydrogens (tertiary/aromatic N) is 2. The lowest BCUT2D eigenvalue weighted by Crippen LogP contribution is -2.23. The number of thioether (sulfide) groups is 1. The lowest BCUT2D eigenvalue weighted by atomic mass is 10.3. The predicted molar refractivity (Wildman–Crippen MR) is 80.6 cm³/mol. The van der Waals surface area contributed by atoms with Crippen molar-refractivity contribution in [2.45, 2.75) is 29.0 Å². The fraction of sp³-hybridized carbons (Fsp3) is 0.250. The molecule has 0 atom stereocenters. The first kappa shape index (κ1) is 14.7. The molecular formula is C12H16N4O2S2. The van der Waals surface area contributed by atoms with Gasteiger partial charge in [0, 0.05) is 10.9 Å². The SMILES string of the molecule is CC(C)Sc1ccn(NS(=O)(=O)c2ccc(N)cc2)n1. The minimum Gasteiger partial charge on any atom is -0.399 e. The summed E-state index contributed by atoms with van der Waals surface area (Å²) in [5.74, 6) is 0. The summed E-state index contributed by atoms with van der Waals surface area (Å²) in [5.41, 5.74) is 6.05. The molecule has 0 amide bonds. The van der Waals surface area contributed by atoms with Crippen molar-refractivity contribution in [2.24, 2.45) is 0 Å². The molecule has 1 aromatic carbocycles. The highest BCUT2D eigenvalue weighted by atomic mass is 32.2. The quantitative estimate of drug-likeness (QED) is 0.650. The summed E-state index contributed by atoms with van der Waals surface area (Å²) < 4.78 is 24.2. The van der Waals surface area contributed by atoms with Crippen molar-refractivity contribution in [2.75, 3.05) is 10.6 Å². The van der Waals surface area contributed by atoms with Crippen LogP contribution in [-0.4, -0.2) is 23.6 Å². The molecule has 108 valence electrons. The Kier molecular flexibility index (Phi) is 4.24. The first-order valence-electron chi connectivity index (χ1n) is 5.97. The molecule has 0 aliphatic carbocycles. The van der Waals surface area contributed by atoms with Crippen molar-refractivity contribution < 1.29 is 8.42 Å². The second-order valence-corrected chi connectivity index (χ2v) is 7.69. The van der Waals surface area contributed by atoms with Crippen molar-refractivity contribution in [3.8, 4) is 0 Å². The standard InChI is InChI=1S/C12H16N4O2S2/c1-9(2)19-12-7-8-16(14-12)15-20(17,18)11-5-3-10(13)4-6-11/h3-9,15H,13H2,1-2H3. The fourth-order valence-electron chi connectivity index (χ4n) is 1.49. The highest BCUT2D eigenvalue weighted by Gasteiger charge is 2.14. The molecule has 3 N–H and O–H groups in total. The van der Waals surface area contributed by atoms with Crippen molar-refractivity contribution in [3.05, 3.63) is 36.5 Å². The second-order valence-electron chi connectivity index (χ2n) is 4.43. The van der Waals surface area contributed by atoms with Gasteiger partial charge in [0.25, 0.3) is 10.0 Å². The number of nitrogens with two attached hydrogens (primary N) is 1. The van der Waals surface area contributed by atoms with Gasteiger partial charge in [-0.05, 0) is 30.3 Å². The molecule has 0 spiro atoms. The van der Waals surface area contributed by atoms with E-state index in [9.17, 15) is 8.42 Å². The van der Waals surface area contributed by atoms with Crippen LogP contribution in [0.1, 0.15) is 13.8 Å². The maximum absolute atomic E-state index is 12.1. The van der Waals surface area contributed by atoms with Crippen molar-refractivity contribution in [3.63, 3.8) is 0 Å². The Morgan fingerprint density at radius 3 is 2.50 bits per heavy atom. The van der Waals surface area contributed by atoms with Crippen molar-refractivity contribution in [1.82, 2.24) is 9.89 Å². The maximum Gasteiger partial charge on any atom is 0.276 e. The predicted octanol–water partition coefficient (Wildman–Crippen LogP) is 1.90. The number of aromatic nitrogens is 2. The van der Waals surface area contributed by atoms with Crippen LogP contribution in [0, 0.1) is 0 Å². The Morgan fingerprint density at radius 1 is 1.25 bits per heavy atom. The van der Waals surface area contributed by atoms with E-state index in [4.69, 9.17) is 5.73 Å². The molecule has 0 aliphatic rings. The van der Waals surface area contributed by atoms with E-state index in [-0.39, 0.29) is 4.90 Å². The normalized spacial score (nSPS) is 11.8. The van der Waals surface area contributed by atoms with Gasteiger partial charge in [-0.25, -0.2) is 0 Å². The third-order valence-corrected chi connectivity index (χ3v) is 4.58. The molecule has 0 saturated carbocycles. The molecule has 0 saturated heterocycles. The zero-order valence-electron chi connectivity index (χ0n) is 11.1. The molecule has 1 heterocycles. The van der Waals surface area contributed by atoms with Crippen LogP contribution in [0.5, 0.6) is 0 Å². The zero-order valence-corrected chi connectivity index (χ0v) is 12.8. The van der Waals surface area contributed by atoms with Gasteiger partial charge in [0.05, 0.1) is 11.1 Å². The molecule has 1 aromatic heterocycles. The number of hydrogen-bond acceptors (Lipinski definition) is 5. The first-order valence-corrected chi connectivity index (χ1v) is 8.34. The molecule has 6 nitrogen and oxygen atoms in total. The Bertz CT molecular complexity index is 678. The summed E-state index contributed by atoms with van der Waals surface area (Å²) in [6.07, 6.45) is 1.57. The van der Waals surface area contributed by atoms with Crippen LogP contribution in [0.25, 0.3) is 0 Å². The minimum absolute atomic E-state index is 0.139. The van der Waals surface area contributed by atoms with Crippen LogP contribution in [0.3, 0.4) is 0 Å². The van der Waals surface area contributed by atoms with Gasteiger partial charge in [-0.2, -0.15) is 18.0 Å². The summed E-state index contributed by atoms with van der Waals surface area (Å²) in [6, 6.07) is 7.74. The number of rotatable bonds is 5. The molecule has 0 unspecified atom stereocenters. The summed E-state index contributed by atoms with van der Waals surface area (Å²) in [7, 11) is -3.66. The molecule has 0 aliphatic heterocycles. The number of anilines is 1. The summed E-state index contributed by atoms with van der Waals surface area (Å²) in [6.45, 7) is 4.09. The molecule has 8 heteroatoms. The Hall–Kier alpha value is -1.67. The summed E-state index contributed by atoms with van der Waals surface area (Å²) in [5, 5.41) is 5.29. The van der Waals surface area contributed by atoms with Crippen LogP contribution < -0.4 is 10.6 Å². The van der Waals surface area contributed by atoms with Crippen molar-refractivity contribution >= 4 is 27.5 Å². The Morgan fingerprint density at radius 2 is 1.90 bits per heavy atom. The van der Waals surface area contributed by atoms with E-state index in [1.807, 2.05) is 13.8 Å². The van der Waals surface area contributed by atoms with Crippen LogP contribution >= 0.6 is 11.8 Å². The molecule has 0 fully saturated rings. The molecule has 0 radical (unpaired) electrons. The van der Waals surface area contributed by atoms with E-state index >= 15 is 0 Å². The average molecular weight is 312 g/mol. The van der Waals surface area contributed by atoms with Gasteiger partial charge in [-0.3, -0.25) is 0 Å². The number of nitrogens with one attached hydrogen (secondary N) is 1. The number of benzene rings is 1. The average Bonchev–Trinajstić information content (AvgIpc) is 2.75. The molecule has 2 rings (SSSR count).